The van der Waals surface area contributed by atoms with E-state index in [9.17, 15) is 4.79 Å². The number of aldehydes is 1. The number of nitrogens with two attached hydrogens (primary N) is 1. The van der Waals surface area contributed by atoms with E-state index >= 15 is 0 Å². The van der Waals surface area contributed by atoms with E-state index in [4.69, 9.17) is 10.6 Å². The summed E-state index contributed by atoms with van der Waals surface area (Å²) in [4.78, 5) is 10.0. The van der Waals surface area contributed by atoms with Crippen molar-refractivity contribution in [3.8, 4) is 0 Å². The molecule has 5 nitrogen and oxygen atoms in total. The summed E-state index contributed by atoms with van der Waals surface area (Å²) in [5.74, 6) is 4.84. The zero-order valence-electron chi connectivity index (χ0n) is 4.70. The first-order valence-corrected chi connectivity index (χ1v) is 2.50. The highest BCUT2D eigenvalue weighted by molar-refractivity contribution is 5.79. The molecular formula is C4H7N3O2. The Bertz CT molecular complexity index is 145. The monoisotopic (exact) mass is 129 g/mol. The molecule has 1 rings (SSSR count). The van der Waals surface area contributed by atoms with E-state index in [-0.39, 0.29) is 6.02 Å². The number of nitrogens with zero attached hydrogens (tertiary/aromatic N) is 1. The average Bonchev–Trinajstić information content (AvgIpc) is 2.34. The van der Waals surface area contributed by atoms with Gasteiger partial charge >= 0.3 is 6.02 Å². The zero-order valence-corrected chi connectivity index (χ0v) is 4.70. The Labute approximate surface area is 51.9 Å². The van der Waals surface area contributed by atoms with Gasteiger partial charge < -0.3 is 15.9 Å². The molecule has 5 heteroatoms. The number of hydrogen-bond donors (Lipinski definition) is 2. The van der Waals surface area contributed by atoms with Crippen molar-refractivity contribution >= 4 is 12.3 Å². The molecule has 50 valence electrons. The largest absolute Gasteiger partial charge is 0.451 e. The fraction of sp³-hybridized carbons (Fsp3) is 0.500. The molecule has 0 aliphatic carbocycles. The van der Waals surface area contributed by atoms with Gasteiger partial charge in [0.15, 0.2) is 12.4 Å². The minimum atomic E-state index is -0.424. The van der Waals surface area contributed by atoms with Gasteiger partial charge in [0, 0.05) is 0 Å². The maximum absolute atomic E-state index is 10.0. The summed E-state index contributed by atoms with van der Waals surface area (Å²) in [5.41, 5.74) is 0. The van der Waals surface area contributed by atoms with Gasteiger partial charge in [0.25, 0.3) is 0 Å². The van der Waals surface area contributed by atoms with E-state index in [1.807, 2.05) is 0 Å². The van der Waals surface area contributed by atoms with E-state index in [0.29, 0.717) is 12.8 Å². The lowest BCUT2D eigenvalue weighted by Crippen LogP contribution is -2.17. The van der Waals surface area contributed by atoms with Crippen molar-refractivity contribution in [1.29, 1.82) is 0 Å². The van der Waals surface area contributed by atoms with Gasteiger partial charge in [-0.2, -0.15) is 0 Å². The number of nitrogens with one attached hydrogen (secondary N) is 1. The van der Waals surface area contributed by atoms with E-state index in [0.717, 1.165) is 0 Å². The van der Waals surface area contributed by atoms with Crippen LogP contribution in [0.15, 0.2) is 5.10 Å². The average molecular weight is 129 g/mol. The molecule has 0 aromatic carbocycles. The summed E-state index contributed by atoms with van der Waals surface area (Å²) >= 11 is 0. The number of hydrazone groups is 1. The lowest BCUT2D eigenvalue weighted by atomic mass is 10.4. The molecule has 1 saturated heterocycles. The summed E-state index contributed by atoms with van der Waals surface area (Å²) in [6.07, 6.45) is 0.276. The first-order valence-electron chi connectivity index (χ1n) is 2.50. The molecule has 9 heavy (non-hydrogen) atoms. The number of ether oxygens (including phenoxy) is 1. The molecule has 1 heterocycles. The van der Waals surface area contributed by atoms with Gasteiger partial charge in [-0.25, -0.2) is 0 Å². The van der Waals surface area contributed by atoms with Crippen LogP contribution in [0.25, 0.3) is 0 Å². The summed E-state index contributed by atoms with van der Waals surface area (Å²) < 4.78 is 4.81. The molecule has 0 radical (unpaired) electrons. The molecule has 0 amide bonds. The maximum Gasteiger partial charge on any atom is 0.307 e. The molecule has 3 N–H and O–H groups in total. The second-order valence-electron chi connectivity index (χ2n) is 1.61. The third-order valence-electron chi connectivity index (χ3n) is 0.987. The van der Waals surface area contributed by atoms with Gasteiger partial charge in [-0.1, -0.05) is 0 Å². The fourth-order valence-electron chi connectivity index (χ4n) is 0.567. The van der Waals surface area contributed by atoms with Crippen LogP contribution < -0.4 is 11.2 Å². The molecule has 1 atom stereocenters. The first-order chi connectivity index (χ1) is 4.36. The zero-order chi connectivity index (χ0) is 6.69. The Hall–Kier alpha value is -1.26. The standard InChI is InChI=1S/C4H7N3O2/c5-7-4-6-1-3(2-8)9-4/h2-3H,1,5H2,(H,6,7). The molecule has 0 spiro atoms. The lowest BCUT2D eigenvalue weighted by Gasteiger charge is -1.95. The van der Waals surface area contributed by atoms with Crippen molar-refractivity contribution in [2.75, 3.05) is 6.54 Å². The van der Waals surface area contributed by atoms with Crippen LogP contribution in [-0.2, 0) is 9.53 Å². The van der Waals surface area contributed by atoms with Crippen LogP contribution in [0.1, 0.15) is 0 Å². The predicted octanol–water partition coefficient (Wildman–Crippen LogP) is -1.60. The quantitative estimate of drug-likeness (QED) is 0.254. The molecule has 0 saturated carbocycles. The van der Waals surface area contributed by atoms with Crippen LogP contribution in [0.4, 0.5) is 0 Å². The van der Waals surface area contributed by atoms with Crippen molar-refractivity contribution in [3.05, 3.63) is 0 Å². The number of carbonyl (C=O) groups is 1. The van der Waals surface area contributed by atoms with Crippen LogP contribution in [0.2, 0.25) is 0 Å². The van der Waals surface area contributed by atoms with Crippen molar-refractivity contribution in [2.45, 2.75) is 6.10 Å². The molecular weight excluding hydrogens is 122 g/mol. The molecule has 1 aliphatic heterocycles. The highest BCUT2D eigenvalue weighted by atomic mass is 16.5. The third-order valence-corrected chi connectivity index (χ3v) is 0.987. The Balaban J connectivity index is 2.46. The van der Waals surface area contributed by atoms with Crippen molar-refractivity contribution in [1.82, 2.24) is 5.32 Å². The number of hydrogen-bond acceptors (Lipinski definition) is 4. The molecule has 0 aromatic heterocycles. The minimum Gasteiger partial charge on any atom is -0.451 e. The molecule has 1 aliphatic rings. The summed E-state index contributed by atoms with van der Waals surface area (Å²) in [5, 5.41) is 5.89. The Morgan fingerprint density at radius 2 is 2.78 bits per heavy atom. The minimum absolute atomic E-state index is 0.229. The fourth-order valence-corrected chi connectivity index (χ4v) is 0.567. The van der Waals surface area contributed by atoms with Gasteiger partial charge in [-0.05, 0) is 0 Å². The van der Waals surface area contributed by atoms with E-state index in [1.54, 1.807) is 0 Å². The number of rotatable bonds is 1. The summed E-state index contributed by atoms with van der Waals surface area (Å²) in [6, 6.07) is 0.229. The number of amidine groups is 1. The topological polar surface area (TPSA) is 76.7 Å². The Morgan fingerprint density at radius 3 is 3.11 bits per heavy atom. The van der Waals surface area contributed by atoms with Crippen LogP contribution in [-0.4, -0.2) is 25.0 Å². The Kier molecular flexibility index (Phi) is 1.53. The second-order valence-corrected chi connectivity index (χ2v) is 1.61. The van der Waals surface area contributed by atoms with Crippen molar-refractivity contribution in [2.24, 2.45) is 10.9 Å². The van der Waals surface area contributed by atoms with E-state index < -0.39 is 6.10 Å². The van der Waals surface area contributed by atoms with Crippen LogP contribution in [0.5, 0.6) is 0 Å². The van der Waals surface area contributed by atoms with Gasteiger partial charge in [0.05, 0.1) is 6.54 Å². The molecule has 1 fully saturated rings. The Morgan fingerprint density at radius 1 is 2.00 bits per heavy atom. The highest BCUT2D eigenvalue weighted by Gasteiger charge is 2.19. The first kappa shape index (κ1) is 5.87. The van der Waals surface area contributed by atoms with E-state index in [2.05, 4.69) is 10.4 Å². The van der Waals surface area contributed by atoms with Crippen molar-refractivity contribution < 1.29 is 9.53 Å². The molecule has 1 unspecified atom stereocenters. The lowest BCUT2D eigenvalue weighted by molar-refractivity contribution is -0.113. The van der Waals surface area contributed by atoms with Crippen molar-refractivity contribution in [3.63, 3.8) is 0 Å². The normalized spacial score (nSPS) is 29.3. The van der Waals surface area contributed by atoms with Crippen LogP contribution in [0, 0.1) is 0 Å². The summed E-state index contributed by atoms with van der Waals surface area (Å²) in [6.45, 7) is 0.458. The third kappa shape index (κ3) is 1.10. The highest BCUT2D eigenvalue weighted by Crippen LogP contribution is 1.94. The van der Waals surface area contributed by atoms with Crippen LogP contribution >= 0.6 is 0 Å². The predicted molar refractivity (Wildman–Crippen MR) is 30.6 cm³/mol. The SMILES string of the molecule is NN=C1NCC(C=O)O1. The second kappa shape index (κ2) is 2.34. The van der Waals surface area contributed by atoms with Gasteiger partial charge in [0.2, 0.25) is 0 Å². The maximum atomic E-state index is 10.0. The van der Waals surface area contributed by atoms with Gasteiger partial charge in [-0.3, -0.25) is 4.79 Å². The smallest absolute Gasteiger partial charge is 0.307 e. The number of carbonyl (C=O) groups excluding carboxylic acids is 1. The van der Waals surface area contributed by atoms with Crippen LogP contribution in [0.3, 0.4) is 0 Å². The van der Waals surface area contributed by atoms with E-state index in [1.165, 1.54) is 0 Å². The summed E-state index contributed by atoms with van der Waals surface area (Å²) in [7, 11) is 0. The van der Waals surface area contributed by atoms with Gasteiger partial charge in [0.1, 0.15) is 0 Å². The molecule has 0 bridgehead atoms. The molecule has 0 aromatic rings. The van der Waals surface area contributed by atoms with Gasteiger partial charge in [-0.15, -0.1) is 5.10 Å².